The maximum Gasteiger partial charge on any atom is 0.417 e. The molecule has 3 fully saturated rings. The molecule has 2 aromatic rings. The monoisotopic (exact) mass is 1150 g/mol. The van der Waals surface area contributed by atoms with Crippen molar-refractivity contribution < 1.29 is 84.1 Å². The number of nitrogens with one attached hydrogen (secondary N) is 3. The third-order valence-electron chi connectivity index (χ3n) is 14.6. The predicted molar refractivity (Wildman–Crippen MR) is 286 cm³/mol. The number of halogens is 4. The standard InChI is InChI=1S/C55H87F4N7O14/c1-6-66-47(15-18-60-66)50(67)62-49(42-9-7-40(2)8-10-42)51(68)61-46-14-11-43(39-45(46)56)41(3)48(63-53(70)64(4)44-12-13-44)52(69)65-19-16-54(17-20-65,55(57,58)59)80-38-37-79-36-35-78-34-33-77-32-31-76-30-29-75-28-27-74-26-25-73-24-23-72-22-21-71-5/h11,14-15,18,39-42,44,48-49H,6-10,12-13,16-17,19-38H2,1-5H3,(H,61,68)(H,62,67)(H,63,70)/t40?,41-,42?,48+,49-/m0/s1. The van der Waals surface area contributed by atoms with Gasteiger partial charge in [0.2, 0.25) is 11.8 Å². The van der Waals surface area contributed by atoms with E-state index in [1.807, 2.05) is 6.92 Å². The second-order valence-electron chi connectivity index (χ2n) is 20.3. The number of urea groups is 1. The van der Waals surface area contributed by atoms with Gasteiger partial charge in [-0.15, -0.1) is 0 Å². The van der Waals surface area contributed by atoms with E-state index in [0.29, 0.717) is 122 Å². The van der Waals surface area contributed by atoms with Crippen LogP contribution < -0.4 is 16.0 Å². The maximum atomic E-state index is 16.1. The number of benzene rings is 1. The van der Waals surface area contributed by atoms with Gasteiger partial charge < -0.3 is 73.1 Å². The third kappa shape index (κ3) is 22.0. The lowest BCUT2D eigenvalue weighted by atomic mass is 9.79. The highest BCUT2D eigenvalue weighted by Gasteiger charge is 2.57. The smallest absolute Gasteiger partial charge is 0.382 e. The van der Waals surface area contributed by atoms with Gasteiger partial charge in [0.25, 0.3) is 5.91 Å². The first kappa shape index (κ1) is 66.2. The quantitative estimate of drug-likeness (QED) is 0.0548. The van der Waals surface area contributed by atoms with Crippen LogP contribution in [-0.4, -0.2) is 219 Å². The van der Waals surface area contributed by atoms with Gasteiger partial charge in [0, 0.05) is 64.8 Å². The average Bonchev–Trinajstić information content (AvgIpc) is 4.23. The van der Waals surface area contributed by atoms with Crippen LogP contribution in [0.15, 0.2) is 30.5 Å². The minimum Gasteiger partial charge on any atom is -0.382 e. The second-order valence-corrected chi connectivity index (χ2v) is 20.3. The Bertz CT molecular complexity index is 2120. The molecule has 1 aromatic carbocycles. The zero-order valence-corrected chi connectivity index (χ0v) is 47.4. The number of ether oxygens (including phenoxy) is 10. The van der Waals surface area contributed by atoms with Gasteiger partial charge in [-0.1, -0.05) is 32.8 Å². The number of rotatable bonds is 39. The van der Waals surface area contributed by atoms with E-state index in [-0.39, 0.29) is 63.8 Å². The van der Waals surface area contributed by atoms with E-state index >= 15 is 4.39 Å². The number of hydrogen-bond acceptors (Lipinski definition) is 15. The summed E-state index contributed by atoms with van der Waals surface area (Å²) < 4.78 is 116. The summed E-state index contributed by atoms with van der Waals surface area (Å²) in [6.45, 7) is 11.3. The molecule has 0 bridgehead atoms. The van der Waals surface area contributed by atoms with Gasteiger partial charge in [0.05, 0.1) is 125 Å². The average molecular weight is 1150 g/mol. The fourth-order valence-corrected chi connectivity index (χ4v) is 9.47. The Balaban J connectivity index is 1.02. The Kier molecular flexibility index (Phi) is 29.3. The summed E-state index contributed by atoms with van der Waals surface area (Å²) in [6, 6.07) is 2.78. The zero-order valence-electron chi connectivity index (χ0n) is 47.4. The first-order chi connectivity index (χ1) is 38.6. The molecule has 454 valence electrons. The number of carbonyl (C=O) groups excluding carboxylic acids is 4. The van der Waals surface area contributed by atoms with Crippen LogP contribution in [0.5, 0.6) is 0 Å². The summed E-state index contributed by atoms with van der Waals surface area (Å²) in [5.74, 6) is -3.11. The normalized spacial score (nSPS) is 18.6. The number of carbonyl (C=O) groups is 4. The molecule has 2 saturated carbocycles. The van der Waals surface area contributed by atoms with Gasteiger partial charge in [-0.05, 0) is 68.2 Å². The van der Waals surface area contributed by atoms with E-state index in [4.69, 9.17) is 47.4 Å². The highest BCUT2D eigenvalue weighted by atomic mass is 19.4. The zero-order chi connectivity index (χ0) is 57.8. The molecular formula is C55H87F4N7O14. The van der Waals surface area contributed by atoms with E-state index in [1.165, 1.54) is 32.8 Å². The number of nitrogens with zero attached hydrogens (tertiary/aromatic N) is 4. The van der Waals surface area contributed by atoms with Crippen LogP contribution in [0.1, 0.15) is 94.1 Å². The van der Waals surface area contributed by atoms with E-state index < -0.39 is 72.2 Å². The van der Waals surface area contributed by atoms with Crippen LogP contribution in [0.3, 0.4) is 0 Å². The number of anilines is 1. The summed E-state index contributed by atoms with van der Waals surface area (Å²) in [6.07, 6.45) is 0.300. The molecule has 1 aliphatic heterocycles. The molecule has 2 aliphatic carbocycles. The fourth-order valence-electron chi connectivity index (χ4n) is 9.47. The van der Waals surface area contributed by atoms with Crippen molar-refractivity contribution in [1.82, 2.24) is 30.2 Å². The molecule has 80 heavy (non-hydrogen) atoms. The largest absolute Gasteiger partial charge is 0.417 e. The van der Waals surface area contributed by atoms with Crippen molar-refractivity contribution in [2.24, 2.45) is 11.8 Å². The van der Waals surface area contributed by atoms with E-state index in [2.05, 4.69) is 28.0 Å². The Morgan fingerprint density at radius 1 is 0.725 bits per heavy atom. The number of amides is 5. The maximum absolute atomic E-state index is 16.1. The molecular weight excluding hydrogens is 1060 g/mol. The second kappa shape index (κ2) is 35.4. The predicted octanol–water partition coefficient (Wildman–Crippen LogP) is 5.60. The molecule has 21 nitrogen and oxygen atoms in total. The van der Waals surface area contributed by atoms with Gasteiger partial charge in [-0.3, -0.25) is 19.1 Å². The molecule has 0 unspecified atom stereocenters. The minimum atomic E-state index is -4.77. The van der Waals surface area contributed by atoms with E-state index in [9.17, 15) is 32.3 Å². The molecule has 25 heteroatoms. The Labute approximate surface area is 467 Å². The lowest BCUT2D eigenvalue weighted by Crippen LogP contribution is -2.60. The van der Waals surface area contributed by atoms with Crippen LogP contribution in [-0.2, 0) is 63.5 Å². The lowest BCUT2D eigenvalue weighted by molar-refractivity contribution is -0.292. The van der Waals surface area contributed by atoms with Gasteiger partial charge in [0.15, 0.2) is 5.60 Å². The molecule has 3 atom stereocenters. The van der Waals surface area contributed by atoms with Crippen molar-refractivity contribution >= 4 is 29.4 Å². The fraction of sp³-hybridized carbons (Fsp3) is 0.764. The molecule has 0 spiro atoms. The van der Waals surface area contributed by atoms with Gasteiger partial charge >= 0.3 is 12.2 Å². The third-order valence-corrected chi connectivity index (χ3v) is 14.6. The number of likely N-dealkylation sites (tertiary alicyclic amines) is 1. The molecule has 1 saturated heterocycles. The van der Waals surface area contributed by atoms with Crippen molar-refractivity contribution in [2.45, 2.75) is 115 Å². The number of piperidine rings is 1. The Hall–Kier alpha value is -4.57. The molecule has 1 aromatic heterocycles. The van der Waals surface area contributed by atoms with E-state index in [1.54, 1.807) is 27.1 Å². The van der Waals surface area contributed by atoms with Crippen molar-refractivity contribution in [3.63, 3.8) is 0 Å². The highest BCUT2D eigenvalue weighted by molar-refractivity contribution is 6.00. The topological polar surface area (TPSA) is 221 Å². The first-order valence-electron chi connectivity index (χ1n) is 28.2. The summed E-state index contributed by atoms with van der Waals surface area (Å²) >= 11 is 0. The van der Waals surface area contributed by atoms with Crippen molar-refractivity contribution in [2.75, 3.05) is 151 Å². The minimum absolute atomic E-state index is 0.0237. The van der Waals surface area contributed by atoms with Crippen molar-refractivity contribution in [3.05, 3.63) is 47.5 Å². The highest BCUT2D eigenvalue weighted by Crippen LogP contribution is 2.42. The van der Waals surface area contributed by atoms with Gasteiger partial charge in [-0.25, -0.2) is 9.18 Å². The molecule has 2 heterocycles. The van der Waals surface area contributed by atoms with Crippen LogP contribution in [0.2, 0.25) is 0 Å². The summed E-state index contributed by atoms with van der Waals surface area (Å²) in [4.78, 5) is 58.0. The molecule has 5 amide bonds. The van der Waals surface area contributed by atoms with E-state index in [0.717, 1.165) is 31.7 Å². The summed E-state index contributed by atoms with van der Waals surface area (Å²) in [5, 5.41) is 12.5. The molecule has 0 radical (unpaired) electrons. The SMILES string of the molecule is CCn1nccc1C(=O)N[C@H](C(=O)Nc1ccc([C@H](C)[C@@H](NC(=O)N(C)C2CC2)C(=O)N2CCC(OCCOCCOCCOCCOCCOCCOCCOCCOCCOC)(C(F)(F)F)CC2)cc1F)C1CCC(C)CC1. The van der Waals surface area contributed by atoms with Crippen LogP contribution in [0, 0.1) is 17.7 Å². The van der Waals surface area contributed by atoms with Crippen LogP contribution in [0.4, 0.5) is 28.0 Å². The summed E-state index contributed by atoms with van der Waals surface area (Å²) in [5.41, 5.74) is -2.11. The Morgan fingerprint density at radius 3 is 1.69 bits per heavy atom. The van der Waals surface area contributed by atoms with Crippen molar-refractivity contribution in [1.29, 1.82) is 0 Å². The number of alkyl halides is 3. The van der Waals surface area contributed by atoms with Crippen molar-refractivity contribution in [3.8, 4) is 0 Å². The number of aryl methyl sites for hydroxylation is 1. The van der Waals surface area contributed by atoms with Crippen LogP contribution >= 0.6 is 0 Å². The van der Waals surface area contributed by atoms with Gasteiger partial charge in [-0.2, -0.15) is 18.3 Å². The number of methoxy groups -OCH3 is 1. The molecule has 3 aliphatic rings. The number of hydrogen-bond donors (Lipinski definition) is 3. The Morgan fingerprint density at radius 2 is 1.23 bits per heavy atom. The molecule has 3 N–H and O–H groups in total. The number of aromatic nitrogens is 2. The summed E-state index contributed by atoms with van der Waals surface area (Å²) in [7, 11) is 3.22. The van der Waals surface area contributed by atoms with Crippen LogP contribution in [0.25, 0.3) is 0 Å². The molecule has 5 rings (SSSR count). The first-order valence-corrected chi connectivity index (χ1v) is 28.2. The van der Waals surface area contributed by atoms with Gasteiger partial charge in [0.1, 0.15) is 23.6 Å². The lowest BCUT2D eigenvalue weighted by Gasteiger charge is -2.43.